The molecule has 0 aliphatic heterocycles. The van der Waals surface area contributed by atoms with Gasteiger partial charge in [-0.05, 0) is 13.8 Å². The van der Waals surface area contributed by atoms with Crippen LogP contribution >= 0.6 is 0 Å². The van der Waals surface area contributed by atoms with Crippen molar-refractivity contribution in [3.8, 4) is 0 Å². The van der Waals surface area contributed by atoms with Gasteiger partial charge in [-0.3, -0.25) is 9.48 Å². The minimum absolute atomic E-state index is 0.127. The van der Waals surface area contributed by atoms with Crippen LogP contribution in [-0.2, 0) is 7.05 Å². The number of amides is 1. The average Bonchev–Trinajstić information content (AvgIpc) is 2.66. The first-order chi connectivity index (χ1) is 7.43. The van der Waals surface area contributed by atoms with Gasteiger partial charge in [0, 0.05) is 32.4 Å². The summed E-state index contributed by atoms with van der Waals surface area (Å²) in [6.07, 6.45) is 0. The molecule has 0 aliphatic carbocycles. The molecule has 86 valence electrons. The maximum absolute atomic E-state index is 11.8. The number of hydrogen-bond acceptors (Lipinski definition) is 3. The van der Waals surface area contributed by atoms with E-state index in [1.165, 1.54) is 4.90 Å². The predicted octanol–water partition coefficient (Wildman–Crippen LogP) is 1.48. The highest BCUT2D eigenvalue weighted by atomic mass is 16.4. The van der Waals surface area contributed by atoms with E-state index in [-0.39, 0.29) is 5.91 Å². The molecule has 0 bridgehead atoms. The molecule has 2 aromatic heterocycles. The lowest BCUT2D eigenvalue weighted by molar-refractivity contribution is 0.0797. The van der Waals surface area contributed by atoms with Gasteiger partial charge in [-0.25, -0.2) is 0 Å². The first-order valence-corrected chi connectivity index (χ1v) is 5.07. The van der Waals surface area contributed by atoms with Gasteiger partial charge in [0.1, 0.15) is 0 Å². The quantitative estimate of drug-likeness (QED) is 0.733. The number of aromatic nitrogens is 2. The van der Waals surface area contributed by atoms with Crippen LogP contribution in [0.15, 0.2) is 4.42 Å². The maximum atomic E-state index is 11.8. The van der Waals surface area contributed by atoms with Crippen LogP contribution in [0.4, 0.5) is 0 Å². The van der Waals surface area contributed by atoms with Gasteiger partial charge in [-0.2, -0.15) is 0 Å². The number of fused-ring (bicyclic) bond motifs is 1. The first kappa shape index (κ1) is 10.7. The molecule has 1 amide bonds. The molecule has 0 radical (unpaired) electrons. The number of furan rings is 1. The monoisotopic (exact) mass is 221 g/mol. The maximum Gasteiger partial charge on any atom is 0.289 e. The Bertz CT molecular complexity index is 563. The number of carbonyl (C=O) groups is 1. The molecule has 0 fully saturated rings. The Hall–Kier alpha value is -1.78. The Labute approximate surface area is 93.6 Å². The zero-order valence-electron chi connectivity index (χ0n) is 10.2. The lowest BCUT2D eigenvalue weighted by Gasteiger charge is -2.07. The van der Waals surface area contributed by atoms with Crippen LogP contribution < -0.4 is 0 Å². The van der Waals surface area contributed by atoms with E-state index >= 15 is 0 Å². The van der Waals surface area contributed by atoms with Crippen molar-refractivity contribution in [3.05, 3.63) is 17.0 Å². The van der Waals surface area contributed by atoms with E-state index < -0.39 is 0 Å². The van der Waals surface area contributed by atoms with Gasteiger partial charge in [-0.1, -0.05) is 0 Å². The zero-order valence-corrected chi connectivity index (χ0v) is 10.2. The number of hydrogen-bond donors (Lipinski definition) is 0. The van der Waals surface area contributed by atoms with E-state index in [1.807, 2.05) is 20.9 Å². The second-order valence-electron chi connectivity index (χ2n) is 4.14. The van der Waals surface area contributed by atoms with Gasteiger partial charge >= 0.3 is 0 Å². The average molecular weight is 221 g/mol. The molecule has 5 heteroatoms. The molecule has 0 saturated heterocycles. The van der Waals surface area contributed by atoms with Crippen LogP contribution in [0.3, 0.4) is 0 Å². The second kappa shape index (κ2) is 3.37. The highest BCUT2D eigenvalue weighted by molar-refractivity contribution is 5.98. The summed E-state index contributed by atoms with van der Waals surface area (Å²) in [5, 5.41) is 5.15. The molecule has 0 aromatic carbocycles. The molecular weight excluding hydrogens is 206 g/mol. The number of carbonyl (C=O) groups excluding carboxylic acids is 1. The van der Waals surface area contributed by atoms with E-state index in [0.717, 1.165) is 16.6 Å². The van der Waals surface area contributed by atoms with Crippen molar-refractivity contribution < 1.29 is 9.21 Å². The molecule has 5 nitrogen and oxygen atoms in total. The minimum Gasteiger partial charge on any atom is -0.431 e. The van der Waals surface area contributed by atoms with Gasteiger partial charge in [-0.15, -0.1) is 5.10 Å². The summed E-state index contributed by atoms with van der Waals surface area (Å²) in [4.78, 5) is 13.3. The van der Waals surface area contributed by atoms with Crippen molar-refractivity contribution >= 4 is 17.0 Å². The second-order valence-corrected chi connectivity index (χ2v) is 4.14. The van der Waals surface area contributed by atoms with Crippen LogP contribution in [0.2, 0.25) is 0 Å². The Morgan fingerprint density at radius 1 is 1.38 bits per heavy atom. The number of aryl methyl sites for hydroxylation is 3. The largest absolute Gasteiger partial charge is 0.431 e. The van der Waals surface area contributed by atoms with Crippen LogP contribution in [0.1, 0.15) is 21.8 Å². The van der Waals surface area contributed by atoms with Crippen molar-refractivity contribution in [3.63, 3.8) is 0 Å². The van der Waals surface area contributed by atoms with Crippen molar-refractivity contribution in [2.24, 2.45) is 7.05 Å². The normalized spacial score (nSPS) is 11.1. The molecule has 2 heterocycles. The molecule has 0 atom stereocenters. The predicted molar refractivity (Wildman–Crippen MR) is 60.5 cm³/mol. The molecule has 2 rings (SSSR count). The van der Waals surface area contributed by atoms with Crippen molar-refractivity contribution in [1.29, 1.82) is 0 Å². The van der Waals surface area contributed by atoms with E-state index in [0.29, 0.717) is 11.5 Å². The third-order valence-corrected chi connectivity index (χ3v) is 2.82. The van der Waals surface area contributed by atoms with Crippen molar-refractivity contribution in [1.82, 2.24) is 14.7 Å². The van der Waals surface area contributed by atoms with Crippen LogP contribution in [0.5, 0.6) is 0 Å². The van der Waals surface area contributed by atoms with Crippen molar-refractivity contribution in [2.75, 3.05) is 14.1 Å². The summed E-state index contributed by atoms with van der Waals surface area (Å²) in [7, 11) is 5.27. The lowest BCUT2D eigenvalue weighted by atomic mass is 10.1. The Kier molecular flexibility index (Phi) is 2.26. The number of nitrogens with zero attached hydrogens (tertiary/aromatic N) is 3. The molecular formula is C11H15N3O2. The van der Waals surface area contributed by atoms with E-state index in [4.69, 9.17) is 4.42 Å². The molecule has 0 unspecified atom stereocenters. The van der Waals surface area contributed by atoms with Crippen LogP contribution in [-0.4, -0.2) is 34.7 Å². The Morgan fingerprint density at radius 3 is 2.50 bits per heavy atom. The summed E-state index contributed by atoms with van der Waals surface area (Å²) in [6, 6.07) is 0. The summed E-state index contributed by atoms with van der Waals surface area (Å²) in [5.41, 5.74) is 2.40. The van der Waals surface area contributed by atoms with Gasteiger partial charge < -0.3 is 9.32 Å². The summed E-state index contributed by atoms with van der Waals surface area (Å²) < 4.78 is 7.26. The molecule has 0 aliphatic rings. The third-order valence-electron chi connectivity index (χ3n) is 2.82. The Balaban J connectivity index is 2.67. The van der Waals surface area contributed by atoms with E-state index in [1.54, 1.807) is 18.8 Å². The van der Waals surface area contributed by atoms with E-state index in [9.17, 15) is 4.79 Å². The first-order valence-electron chi connectivity index (χ1n) is 5.07. The van der Waals surface area contributed by atoms with Crippen LogP contribution in [0.25, 0.3) is 11.1 Å². The summed E-state index contributed by atoms with van der Waals surface area (Å²) >= 11 is 0. The van der Waals surface area contributed by atoms with Gasteiger partial charge in [0.05, 0.1) is 5.39 Å². The fourth-order valence-electron chi connectivity index (χ4n) is 1.77. The smallest absolute Gasteiger partial charge is 0.289 e. The Morgan fingerprint density at radius 2 is 2.00 bits per heavy atom. The molecule has 0 saturated carbocycles. The molecule has 2 aromatic rings. The molecule has 0 spiro atoms. The van der Waals surface area contributed by atoms with Crippen molar-refractivity contribution in [2.45, 2.75) is 13.8 Å². The fraction of sp³-hybridized carbons (Fsp3) is 0.455. The SMILES string of the molecule is Cc1c(C(=O)N(C)C)oc2nn(C)c(C)c12. The zero-order chi connectivity index (χ0) is 12.0. The van der Waals surface area contributed by atoms with Gasteiger partial charge in [0.25, 0.3) is 5.91 Å². The third kappa shape index (κ3) is 1.31. The number of rotatable bonds is 1. The topological polar surface area (TPSA) is 51.3 Å². The van der Waals surface area contributed by atoms with Gasteiger partial charge in [0.2, 0.25) is 5.71 Å². The summed E-state index contributed by atoms with van der Waals surface area (Å²) in [5.74, 6) is 0.253. The summed E-state index contributed by atoms with van der Waals surface area (Å²) in [6.45, 7) is 3.85. The van der Waals surface area contributed by atoms with Crippen LogP contribution in [0, 0.1) is 13.8 Å². The lowest BCUT2D eigenvalue weighted by Crippen LogP contribution is -2.21. The standard InChI is InChI=1S/C11H15N3O2/c1-6-8-7(2)14(5)12-10(8)16-9(6)11(15)13(3)4/h1-5H3. The highest BCUT2D eigenvalue weighted by Crippen LogP contribution is 2.27. The minimum atomic E-state index is -0.127. The fourth-order valence-corrected chi connectivity index (χ4v) is 1.77. The van der Waals surface area contributed by atoms with E-state index in [2.05, 4.69) is 5.10 Å². The highest BCUT2D eigenvalue weighted by Gasteiger charge is 2.22. The molecule has 16 heavy (non-hydrogen) atoms. The van der Waals surface area contributed by atoms with Gasteiger partial charge in [0.15, 0.2) is 5.76 Å². The molecule has 0 N–H and O–H groups in total.